The highest BCUT2D eigenvalue weighted by Crippen LogP contribution is 2.79. The molecule has 4 heteroatoms. The van der Waals surface area contributed by atoms with Crippen molar-refractivity contribution in [1.29, 1.82) is 0 Å². The van der Waals surface area contributed by atoms with Gasteiger partial charge in [0, 0.05) is 24.0 Å². The molecular weight excluding hydrogens is 376 g/mol. The smallest absolute Gasteiger partial charge is 0.165 e. The first-order valence-corrected chi connectivity index (χ1v) is 11.8. The molecule has 7 atom stereocenters. The number of methoxy groups -OCH3 is 1. The Kier molecular flexibility index (Phi) is 3.48. The van der Waals surface area contributed by atoms with Crippen LogP contribution in [0.2, 0.25) is 0 Å². The fraction of sp³-hybridized carbons (Fsp3) is 0.769. The first-order valence-electron chi connectivity index (χ1n) is 11.8. The van der Waals surface area contributed by atoms with Crippen molar-refractivity contribution in [2.75, 3.05) is 7.11 Å². The second-order valence-electron chi connectivity index (χ2n) is 12.2. The van der Waals surface area contributed by atoms with Crippen LogP contribution in [0.15, 0.2) is 12.1 Å². The zero-order valence-corrected chi connectivity index (χ0v) is 19.0. The fourth-order valence-electron chi connectivity index (χ4n) is 8.97. The summed E-state index contributed by atoms with van der Waals surface area (Å²) in [4.78, 5) is 0. The molecule has 0 aromatic heterocycles. The van der Waals surface area contributed by atoms with Crippen LogP contribution in [-0.2, 0) is 16.6 Å². The Morgan fingerprint density at radius 1 is 1.13 bits per heavy atom. The summed E-state index contributed by atoms with van der Waals surface area (Å²) in [5.41, 5.74) is 1.01. The van der Waals surface area contributed by atoms with Crippen molar-refractivity contribution in [1.82, 2.24) is 0 Å². The minimum atomic E-state index is -0.882. The third-order valence-corrected chi connectivity index (χ3v) is 10.8. The highest BCUT2D eigenvalue weighted by molar-refractivity contribution is 5.62. The minimum absolute atomic E-state index is 0.000445. The topological polar surface area (TPSA) is 58.9 Å². The molecule has 30 heavy (non-hydrogen) atoms. The normalized spacial score (nSPS) is 44.9. The van der Waals surface area contributed by atoms with Crippen LogP contribution in [0.4, 0.5) is 0 Å². The van der Waals surface area contributed by atoms with E-state index in [9.17, 15) is 10.2 Å². The zero-order chi connectivity index (χ0) is 21.3. The van der Waals surface area contributed by atoms with Crippen molar-refractivity contribution in [2.45, 2.75) is 95.4 Å². The Labute approximate surface area is 180 Å². The number of rotatable bonds is 2. The second-order valence-corrected chi connectivity index (χ2v) is 12.2. The molecule has 6 aliphatic rings. The van der Waals surface area contributed by atoms with Gasteiger partial charge in [0.05, 0.1) is 5.60 Å². The number of phenolic OH excluding ortho intramolecular Hbond substituents is 1. The Morgan fingerprint density at radius 2 is 1.90 bits per heavy atom. The number of aromatic hydroxyl groups is 1. The maximum atomic E-state index is 12.0. The Bertz CT molecular complexity index is 930. The predicted molar refractivity (Wildman–Crippen MR) is 115 cm³/mol. The molecule has 0 radical (unpaired) electrons. The minimum Gasteiger partial charge on any atom is -0.504 e. The van der Waals surface area contributed by atoms with E-state index in [4.69, 9.17) is 9.47 Å². The number of fused-ring (bicyclic) bond motifs is 2. The molecule has 0 unspecified atom stereocenters. The third kappa shape index (κ3) is 1.78. The molecule has 2 spiro atoms. The van der Waals surface area contributed by atoms with Gasteiger partial charge in [-0.1, -0.05) is 33.3 Å². The third-order valence-electron chi connectivity index (χ3n) is 10.8. The first kappa shape index (κ1) is 19.4. The largest absolute Gasteiger partial charge is 0.504 e. The zero-order valence-electron chi connectivity index (χ0n) is 19.0. The average Bonchev–Trinajstić information content (AvgIpc) is 3.05. The molecule has 1 aromatic carbocycles. The van der Waals surface area contributed by atoms with Crippen molar-refractivity contribution >= 4 is 0 Å². The number of benzene rings is 1. The van der Waals surface area contributed by atoms with Gasteiger partial charge in [-0.2, -0.15) is 0 Å². The van der Waals surface area contributed by atoms with E-state index in [1.165, 1.54) is 24.0 Å². The lowest BCUT2D eigenvalue weighted by Crippen LogP contribution is -2.80. The standard InChI is InChI=1S/C26H36O4/c1-22(2,3)23(4,28)18-14-24-11-12-26(18,29-5)21-25(24)10-6-7-16(24)13-15-8-9-17(27)20(30-21)19(15)25/h8-9,16,18,21,27-28H,6-7,10-14H2,1-5H3/t16-,18-,21-,23+,24-,25+,26+/m1/s1. The molecule has 2 N–H and O–H groups in total. The predicted octanol–water partition coefficient (Wildman–Crippen LogP) is 4.73. The number of ether oxygens (including phenoxy) is 2. The van der Waals surface area contributed by atoms with Crippen molar-refractivity contribution in [3.05, 3.63) is 23.3 Å². The second kappa shape index (κ2) is 5.38. The number of aliphatic hydroxyl groups is 1. The van der Waals surface area contributed by atoms with Crippen LogP contribution < -0.4 is 4.74 Å². The molecule has 4 fully saturated rings. The van der Waals surface area contributed by atoms with E-state index >= 15 is 0 Å². The molecule has 0 saturated heterocycles. The summed E-state index contributed by atoms with van der Waals surface area (Å²) in [5, 5.41) is 22.8. The van der Waals surface area contributed by atoms with Gasteiger partial charge < -0.3 is 19.7 Å². The molecule has 4 saturated carbocycles. The highest BCUT2D eigenvalue weighted by atomic mass is 16.6. The van der Waals surface area contributed by atoms with E-state index in [1.807, 2.05) is 20.1 Å². The van der Waals surface area contributed by atoms with Crippen LogP contribution >= 0.6 is 0 Å². The van der Waals surface area contributed by atoms with Gasteiger partial charge in [0.2, 0.25) is 0 Å². The maximum absolute atomic E-state index is 12.0. The van der Waals surface area contributed by atoms with Gasteiger partial charge in [0.1, 0.15) is 11.7 Å². The van der Waals surface area contributed by atoms with Gasteiger partial charge in [0.25, 0.3) is 0 Å². The van der Waals surface area contributed by atoms with Gasteiger partial charge in [0.15, 0.2) is 11.5 Å². The quantitative estimate of drug-likeness (QED) is 0.737. The Balaban J connectivity index is 1.65. The SMILES string of the molecule is CO[C@@]12CC[C@@]3(C[C@@H]1[C@](C)(O)C(C)(C)C)[C@@H]1CCC[C@@]34c3c(ccc(O)c3O[C@@H]24)C1. The molecule has 1 heterocycles. The lowest BCUT2D eigenvalue weighted by Gasteiger charge is -2.74. The summed E-state index contributed by atoms with van der Waals surface area (Å²) in [5.74, 6) is 1.59. The molecule has 7 rings (SSSR count). The monoisotopic (exact) mass is 412 g/mol. The molecule has 0 amide bonds. The fourth-order valence-corrected chi connectivity index (χ4v) is 8.97. The Morgan fingerprint density at radius 3 is 2.60 bits per heavy atom. The van der Waals surface area contributed by atoms with Gasteiger partial charge in [-0.3, -0.25) is 0 Å². The summed E-state index contributed by atoms with van der Waals surface area (Å²) in [6, 6.07) is 3.96. The molecule has 164 valence electrons. The number of hydrogen-bond donors (Lipinski definition) is 2. The molecule has 1 aromatic rings. The van der Waals surface area contributed by atoms with E-state index in [0.29, 0.717) is 11.7 Å². The van der Waals surface area contributed by atoms with Crippen LogP contribution in [0.1, 0.15) is 77.3 Å². The molecule has 5 aliphatic carbocycles. The van der Waals surface area contributed by atoms with Crippen LogP contribution in [0.25, 0.3) is 0 Å². The lowest BCUT2D eigenvalue weighted by molar-refractivity contribution is -0.309. The number of phenols is 1. The van der Waals surface area contributed by atoms with E-state index in [0.717, 1.165) is 32.1 Å². The number of hydrogen-bond acceptors (Lipinski definition) is 4. The summed E-state index contributed by atoms with van der Waals surface area (Å²) >= 11 is 0. The lowest BCUT2D eigenvalue weighted by atomic mass is 9.31. The van der Waals surface area contributed by atoms with Gasteiger partial charge in [-0.25, -0.2) is 0 Å². The van der Waals surface area contributed by atoms with Crippen LogP contribution in [0.5, 0.6) is 11.5 Å². The first-order chi connectivity index (χ1) is 14.1. The van der Waals surface area contributed by atoms with Gasteiger partial charge in [-0.15, -0.1) is 0 Å². The molecule has 1 aliphatic heterocycles. The summed E-state index contributed by atoms with van der Waals surface area (Å²) < 4.78 is 13.3. The van der Waals surface area contributed by atoms with Crippen LogP contribution in [0, 0.1) is 22.7 Å². The summed E-state index contributed by atoms with van der Waals surface area (Å²) in [6.45, 7) is 8.44. The summed E-state index contributed by atoms with van der Waals surface area (Å²) in [7, 11) is 1.82. The van der Waals surface area contributed by atoms with E-state index in [-0.39, 0.29) is 34.0 Å². The molecular formula is C26H36O4. The summed E-state index contributed by atoms with van der Waals surface area (Å²) in [6.07, 6.45) is 7.56. The van der Waals surface area contributed by atoms with Crippen molar-refractivity contribution < 1.29 is 19.7 Å². The van der Waals surface area contributed by atoms with Crippen molar-refractivity contribution in [2.24, 2.45) is 22.7 Å². The molecule has 4 bridgehead atoms. The van der Waals surface area contributed by atoms with Gasteiger partial charge >= 0.3 is 0 Å². The van der Waals surface area contributed by atoms with Crippen LogP contribution in [0.3, 0.4) is 0 Å². The average molecular weight is 413 g/mol. The highest BCUT2D eigenvalue weighted by Gasteiger charge is 2.81. The van der Waals surface area contributed by atoms with Crippen molar-refractivity contribution in [3.63, 3.8) is 0 Å². The molecule has 4 nitrogen and oxygen atoms in total. The van der Waals surface area contributed by atoms with E-state index < -0.39 is 11.2 Å². The van der Waals surface area contributed by atoms with E-state index in [1.54, 1.807) is 0 Å². The Hall–Kier alpha value is -1.26. The van der Waals surface area contributed by atoms with Crippen LogP contribution in [-0.4, -0.2) is 34.6 Å². The van der Waals surface area contributed by atoms with Crippen molar-refractivity contribution in [3.8, 4) is 11.5 Å². The van der Waals surface area contributed by atoms with E-state index in [2.05, 4.69) is 26.8 Å². The maximum Gasteiger partial charge on any atom is 0.165 e. The van der Waals surface area contributed by atoms with Gasteiger partial charge in [-0.05, 0) is 73.8 Å².